The van der Waals surface area contributed by atoms with Crippen LogP contribution in [0, 0.1) is 20.8 Å². The summed E-state index contributed by atoms with van der Waals surface area (Å²) in [6.45, 7) is 2.69. The molecule has 164 valence electrons. The minimum atomic E-state index is 0.0433. The monoisotopic (exact) mass is 596 g/mol. The van der Waals surface area contributed by atoms with Crippen molar-refractivity contribution in [3.8, 4) is 11.5 Å². The predicted octanol–water partition coefficient (Wildman–Crippen LogP) is 5.92. The standard InChI is InChI=1S/C24H26BrIN2O3/c1-24-10-4-3-5-18(24)21(24)23(29)28-27-13-16-11-19(26)22(20(12-16)30-2)31-14-15-6-8-17(25)9-7-15/h6-9,11-13,18,21H,3-5,10,14H2,1-2H3,(H,28,29)/b27-13-/t18-,21-,24+/m0/s1. The molecule has 0 heterocycles. The lowest BCUT2D eigenvalue weighted by atomic mass is 9.90. The molecule has 0 saturated heterocycles. The maximum absolute atomic E-state index is 12.6. The van der Waals surface area contributed by atoms with Crippen LogP contribution in [0.3, 0.4) is 0 Å². The number of carbonyl (C=O) groups is 1. The van der Waals surface area contributed by atoms with Gasteiger partial charge >= 0.3 is 0 Å². The number of halogens is 2. The first kappa shape index (κ1) is 22.6. The van der Waals surface area contributed by atoms with E-state index in [9.17, 15) is 4.79 Å². The summed E-state index contributed by atoms with van der Waals surface area (Å²) < 4.78 is 13.5. The smallest absolute Gasteiger partial charge is 0.244 e. The summed E-state index contributed by atoms with van der Waals surface area (Å²) in [5.41, 5.74) is 4.85. The molecule has 0 bridgehead atoms. The van der Waals surface area contributed by atoms with Gasteiger partial charge in [0.1, 0.15) is 6.61 Å². The highest BCUT2D eigenvalue weighted by Gasteiger charge is 2.64. The van der Waals surface area contributed by atoms with E-state index >= 15 is 0 Å². The SMILES string of the molecule is COc1cc(/C=N\NC(=O)[C@@H]2[C@@H]3CCCC[C@@]23C)cc(I)c1OCc1ccc(Br)cc1. The fraction of sp³-hybridized carbons (Fsp3) is 0.417. The second-order valence-corrected chi connectivity index (χ2v) is 10.6. The van der Waals surface area contributed by atoms with Crippen LogP contribution in [0.1, 0.15) is 43.7 Å². The predicted molar refractivity (Wildman–Crippen MR) is 133 cm³/mol. The van der Waals surface area contributed by atoms with E-state index < -0.39 is 0 Å². The molecule has 0 radical (unpaired) electrons. The molecule has 0 aromatic heterocycles. The molecule has 2 aliphatic carbocycles. The van der Waals surface area contributed by atoms with Crippen molar-refractivity contribution in [2.24, 2.45) is 22.4 Å². The number of fused-ring (bicyclic) bond motifs is 1. The van der Waals surface area contributed by atoms with Crippen LogP contribution < -0.4 is 14.9 Å². The Morgan fingerprint density at radius 3 is 2.77 bits per heavy atom. The molecule has 4 rings (SSSR count). The maximum atomic E-state index is 12.6. The lowest BCUT2D eigenvalue weighted by molar-refractivity contribution is -0.123. The second-order valence-electron chi connectivity index (χ2n) is 8.52. The molecule has 31 heavy (non-hydrogen) atoms. The largest absolute Gasteiger partial charge is 0.493 e. The van der Waals surface area contributed by atoms with Crippen LogP contribution in [0.4, 0.5) is 0 Å². The van der Waals surface area contributed by atoms with Crippen molar-refractivity contribution in [1.82, 2.24) is 5.43 Å². The summed E-state index contributed by atoms with van der Waals surface area (Å²) in [6, 6.07) is 11.9. The van der Waals surface area contributed by atoms with E-state index in [0.717, 1.165) is 32.0 Å². The Morgan fingerprint density at radius 2 is 2.10 bits per heavy atom. The average Bonchev–Trinajstić information content (AvgIpc) is 3.39. The van der Waals surface area contributed by atoms with Gasteiger partial charge in [0.25, 0.3) is 0 Å². The molecule has 2 aromatic carbocycles. The number of methoxy groups -OCH3 is 1. The van der Waals surface area contributed by atoms with E-state index in [0.29, 0.717) is 24.0 Å². The third kappa shape index (κ3) is 4.92. The summed E-state index contributed by atoms with van der Waals surface area (Å²) in [4.78, 5) is 12.6. The van der Waals surface area contributed by atoms with Gasteiger partial charge in [-0.15, -0.1) is 0 Å². The maximum Gasteiger partial charge on any atom is 0.244 e. The second kappa shape index (κ2) is 9.48. The van der Waals surface area contributed by atoms with Crippen LogP contribution in [-0.2, 0) is 11.4 Å². The molecule has 0 aliphatic heterocycles. The summed E-state index contributed by atoms with van der Waals surface area (Å²) in [7, 11) is 1.62. The Labute approximate surface area is 205 Å². The summed E-state index contributed by atoms with van der Waals surface area (Å²) >= 11 is 5.67. The number of hydrogen-bond donors (Lipinski definition) is 1. The molecule has 3 atom stereocenters. The van der Waals surface area contributed by atoms with Gasteiger partial charge < -0.3 is 9.47 Å². The highest BCUT2D eigenvalue weighted by Crippen LogP contribution is 2.66. The molecule has 2 aliphatic rings. The molecule has 0 unspecified atom stereocenters. The van der Waals surface area contributed by atoms with Crippen molar-refractivity contribution in [2.75, 3.05) is 7.11 Å². The molecule has 1 N–H and O–H groups in total. The van der Waals surface area contributed by atoms with Crippen LogP contribution in [-0.4, -0.2) is 19.2 Å². The van der Waals surface area contributed by atoms with Crippen molar-refractivity contribution < 1.29 is 14.3 Å². The van der Waals surface area contributed by atoms with Crippen molar-refractivity contribution in [1.29, 1.82) is 0 Å². The normalized spacial score (nSPS) is 24.5. The van der Waals surface area contributed by atoms with E-state index in [2.05, 4.69) is 56.0 Å². The zero-order valence-electron chi connectivity index (χ0n) is 17.7. The van der Waals surface area contributed by atoms with Crippen LogP contribution in [0.15, 0.2) is 46.0 Å². The Morgan fingerprint density at radius 1 is 1.32 bits per heavy atom. The number of hydrogen-bond acceptors (Lipinski definition) is 4. The lowest BCUT2D eigenvalue weighted by Gasteiger charge is -2.15. The van der Waals surface area contributed by atoms with E-state index in [1.807, 2.05) is 36.4 Å². The Balaban J connectivity index is 1.39. The van der Waals surface area contributed by atoms with Crippen molar-refractivity contribution in [3.63, 3.8) is 0 Å². The Bertz CT molecular complexity index is 995. The zero-order valence-corrected chi connectivity index (χ0v) is 21.4. The van der Waals surface area contributed by atoms with Gasteiger partial charge in [-0.2, -0.15) is 5.10 Å². The van der Waals surface area contributed by atoms with Gasteiger partial charge in [-0.3, -0.25) is 4.79 Å². The van der Waals surface area contributed by atoms with Crippen molar-refractivity contribution in [2.45, 2.75) is 39.2 Å². The quantitative estimate of drug-likeness (QED) is 0.245. The first-order chi connectivity index (χ1) is 14.9. The van der Waals surface area contributed by atoms with E-state index in [1.165, 1.54) is 12.8 Å². The van der Waals surface area contributed by atoms with Gasteiger partial charge in [-0.25, -0.2) is 5.43 Å². The highest BCUT2D eigenvalue weighted by molar-refractivity contribution is 14.1. The van der Waals surface area contributed by atoms with Gasteiger partial charge in [-0.1, -0.05) is 47.8 Å². The molecular weight excluding hydrogens is 571 g/mol. The number of nitrogens with one attached hydrogen (secondary N) is 1. The molecular formula is C24H26BrIN2O3. The Kier molecular flexibility index (Phi) is 6.91. The minimum absolute atomic E-state index is 0.0433. The molecule has 2 aromatic rings. The van der Waals surface area contributed by atoms with E-state index in [1.54, 1.807) is 13.3 Å². The number of benzene rings is 2. The fourth-order valence-corrected chi connectivity index (χ4v) is 5.83. The third-order valence-corrected chi connectivity index (χ3v) is 7.88. The van der Waals surface area contributed by atoms with Gasteiger partial charge in [0.2, 0.25) is 5.91 Å². The number of hydrazone groups is 1. The van der Waals surface area contributed by atoms with Crippen LogP contribution in [0.5, 0.6) is 11.5 Å². The van der Waals surface area contributed by atoms with E-state index in [4.69, 9.17) is 9.47 Å². The summed E-state index contributed by atoms with van der Waals surface area (Å²) in [5, 5.41) is 4.21. The molecule has 2 fully saturated rings. The molecule has 7 heteroatoms. The van der Waals surface area contributed by atoms with Crippen LogP contribution in [0.2, 0.25) is 0 Å². The van der Waals surface area contributed by atoms with Crippen LogP contribution >= 0.6 is 38.5 Å². The average molecular weight is 597 g/mol. The first-order valence-corrected chi connectivity index (χ1v) is 12.4. The molecule has 5 nitrogen and oxygen atoms in total. The minimum Gasteiger partial charge on any atom is -0.493 e. The van der Waals surface area contributed by atoms with Gasteiger partial charge in [0.15, 0.2) is 11.5 Å². The van der Waals surface area contributed by atoms with Gasteiger partial charge in [0, 0.05) is 10.4 Å². The zero-order chi connectivity index (χ0) is 22.0. The summed E-state index contributed by atoms with van der Waals surface area (Å²) in [5.74, 6) is 2.01. The summed E-state index contributed by atoms with van der Waals surface area (Å²) in [6.07, 6.45) is 6.44. The number of rotatable bonds is 7. The van der Waals surface area contributed by atoms with Crippen LogP contribution in [0.25, 0.3) is 0 Å². The highest BCUT2D eigenvalue weighted by atomic mass is 127. The number of nitrogens with zero attached hydrogens (tertiary/aromatic N) is 1. The van der Waals surface area contributed by atoms with Crippen molar-refractivity contribution in [3.05, 3.63) is 55.6 Å². The molecule has 1 amide bonds. The van der Waals surface area contributed by atoms with Gasteiger partial charge in [0.05, 0.1) is 16.9 Å². The molecule has 0 spiro atoms. The van der Waals surface area contributed by atoms with Gasteiger partial charge in [-0.05, 0) is 82.2 Å². The molecule has 2 saturated carbocycles. The topological polar surface area (TPSA) is 59.9 Å². The number of carbonyl (C=O) groups excluding carboxylic acids is 1. The lowest BCUT2D eigenvalue weighted by Crippen LogP contribution is -2.22. The number of amides is 1. The third-order valence-electron chi connectivity index (χ3n) is 6.55. The van der Waals surface area contributed by atoms with E-state index in [-0.39, 0.29) is 17.2 Å². The first-order valence-electron chi connectivity index (χ1n) is 10.5. The Hall–Kier alpha value is -1.61. The van der Waals surface area contributed by atoms with Crippen molar-refractivity contribution >= 4 is 50.6 Å². The fourth-order valence-electron chi connectivity index (χ4n) is 4.78. The number of ether oxygens (including phenoxy) is 2.